The molecule has 20 heavy (non-hydrogen) atoms. The normalized spacial score (nSPS) is 11.8. The molecule has 0 saturated heterocycles. The highest BCUT2D eigenvalue weighted by Gasteiger charge is 2.22. The van der Waals surface area contributed by atoms with E-state index < -0.39 is 20.7 Å². The van der Waals surface area contributed by atoms with E-state index in [1.807, 2.05) is 0 Å². The first-order valence-corrected chi connectivity index (χ1v) is 7.45. The van der Waals surface area contributed by atoms with Crippen molar-refractivity contribution < 1.29 is 12.8 Å². The Kier molecular flexibility index (Phi) is 4.39. The van der Waals surface area contributed by atoms with Crippen molar-refractivity contribution in [1.82, 2.24) is 14.7 Å². The van der Waals surface area contributed by atoms with Crippen LogP contribution in [0.4, 0.5) is 4.39 Å². The highest BCUT2D eigenvalue weighted by molar-refractivity contribution is 7.89. The van der Waals surface area contributed by atoms with E-state index in [1.165, 1.54) is 18.6 Å². The first kappa shape index (κ1) is 14.9. The Hall–Kier alpha value is -1.48. The fraction of sp³-hybridized carbons (Fsp3) is 0.182. The number of hydrogen-bond donors (Lipinski definition) is 3. The predicted molar refractivity (Wildman–Crippen MR) is 71.9 cm³/mol. The number of aromatic amines is 1. The van der Waals surface area contributed by atoms with E-state index in [0.29, 0.717) is 5.69 Å². The van der Waals surface area contributed by atoms with E-state index in [0.717, 1.165) is 6.07 Å². The molecule has 2 rings (SSSR count). The van der Waals surface area contributed by atoms with E-state index in [2.05, 4.69) is 14.7 Å². The molecule has 0 aliphatic heterocycles. The molecule has 6 nitrogen and oxygen atoms in total. The van der Waals surface area contributed by atoms with Gasteiger partial charge in [-0.15, -0.1) is 0 Å². The Morgan fingerprint density at radius 3 is 2.80 bits per heavy atom. The van der Waals surface area contributed by atoms with Gasteiger partial charge < -0.3 is 10.7 Å². The number of nitrogens with two attached hydrogens (primary N) is 1. The molecular weight excluding hydrogens is 307 g/mol. The largest absolute Gasteiger partial charge is 0.347 e. The molecule has 0 unspecified atom stereocenters. The number of imidazole rings is 1. The number of sulfonamides is 1. The Balaban J connectivity index is 2.31. The van der Waals surface area contributed by atoms with Crippen LogP contribution in [0.2, 0.25) is 5.02 Å². The smallest absolute Gasteiger partial charge is 0.243 e. The second-order valence-electron chi connectivity index (χ2n) is 3.98. The van der Waals surface area contributed by atoms with Crippen LogP contribution in [0.15, 0.2) is 29.6 Å². The van der Waals surface area contributed by atoms with Gasteiger partial charge >= 0.3 is 0 Å². The van der Waals surface area contributed by atoms with E-state index in [9.17, 15) is 12.8 Å². The quantitative estimate of drug-likeness (QED) is 0.769. The summed E-state index contributed by atoms with van der Waals surface area (Å²) in [5, 5.41) is 0.105. The monoisotopic (exact) mass is 318 g/mol. The fourth-order valence-corrected chi connectivity index (χ4v) is 3.05. The van der Waals surface area contributed by atoms with Crippen LogP contribution in [-0.2, 0) is 23.1 Å². The third-order valence-corrected chi connectivity index (χ3v) is 4.21. The van der Waals surface area contributed by atoms with Gasteiger partial charge in [-0.3, -0.25) is 0 Å². The zero-order valence-corrected chi connectivity index (χ0v) is 11.8. The molecule has 0 bridgehead atoms. The van der Waals surface area contributed by atoms with Crippen molar-refractivity contribution in [2.24, 2.45) is 5.73 Å². The van der Waals surface area contributed by atoms with Gasteiger partial charge in [-0.1, -0.05) is 11.6 Å². The van der Waals surface area contributed by atoms with Crippen LogP contribution in [0.1, 0.15) is 11.3 Å². The third-order valence-electron chi connectivity index (χ3n) is 2.60. The molecule has 1 aromatic heterocycles. The fourth-order valence-electron chi connectivity index (χ4n) is 1.59. The molecule has 0 atom stereocenters. The highest BCUT2D eigenvalue weighted by atomic mass is 35.5. The minimum Gasteiger partial charge on any atom is -0.347 e. The second kappa shape index (κ2) is 5.88. The van der Waals surface area contributed by atoms with Gasteiger partial charge in [0.2, 0.25) is 10.0 Å². The Morgan fingerprint density at radius 2 is 2.20 bits per heavy atom. The topological polar surface area (TPSA) is 101 Å². The highest BCUT2D eigenvalue weighted by Crippen LogP contribution is 2.23. The SMILES string of the molecule is NCc1cc(Cl)cc(S(=O)(=O)NCc2cnc[nH]2)c1F. The number of halogens is 2. The van der Waals surface area contributed by atoms with Gasteiger partial charge in [0.15, 0.2) is 0 Å². The van der Waals surface area contributed by atoms with Gasteiger partial charge in [0.05, 0.1) is 12.9 Å². The number of benzene rings is 1. The number of nitrogens with zero attached hydrogens (tertiary/aromatic N) is 1. The zero-order valence-electron chi connectivity index (χ0n) is 10.2. The van der Waals surface area contributed by atoms with Gasteiger partial charge in [-0.2, -0.15) is 0 Å². The number of rotatable bonds is 5. The van der Waals surface area contributed by atoms with Crippen LogP contribution < -0.4 is 10.5 Å². The molecule has 0 aliphatic rings. The molecule has 108 valence electrons. The minimum atomic E-state index is -4.03. The van der Waals surface area contributed by atoms with Crippen molar-refractivity contribution in [2.45, 2.75) is 18.0 Å². The molecule has 1 aromatic carbocycles. The van der Waals surface area contributed by atoms with Gasteiger partial charge in [0.25, 0.3) is 0 Å². The first-order valence-electron chi connectivity index (χ1n) is 5.59. The Morgan fingerprint density at radius 1 is 1.45 bits per heavy atom. The maximum atomic E-state index is 14.0. The molecule has 0 fully saturated rings. The maximum Gasteiger partial charge on any atom is 0.243 e. The minimum absolute atomic E-state index is 0.0355. The van der Waals surface area contributed by atoms with Gasteiger partial charge in [0.1, 0.15) is 10.7 Å². The van der Waals surface area contributed by atoms with E-state index in [4.69, 9.17) is 17.3 Å². The molecule has 0 amide bonds. The molecule has 0 radical (unpaired) electrons. The molecule has 0 saturated carbocycles. The average Bonchev–Trinajstić information content (AvgIpc) is 2.92. The summed E-state index contributed by atoms with van der Waals surface area (Å²) in [4.78, 5) is 5.96. The summed E-state index contributed by atoms with van der Waals surface area (Å²) in [6.45, 7) is -0.179. The van der Waals surface area contributed by atoms with Crippen molar-refractivity contribution in [2.75, 3.05) is 0 Å². The van der Waals surface area contributed by atoms with Crippen LogP contribution >= 0.6 is 11.6 Å². The molecule has 0 spiro atoms. The summed E-state index contributed by atoms with van der Waals surface area (Å²) < 4.78 is 40.5. The van der Waals surface area contributed by atoms with Crippen molar-refractivity contribution in [3.63, 3.8) is 0 Å². The predicted octanol–water partition coefficient (Wildman–Crippen LogP) is 1.14. The molecule has 1 heterocycles. The van der Waals surface area contributed by atoms with Crippen molar-refractivity contribution in [3.8, 4) is 0 Å². The lowest BCUT2D eigenvalue weighted by atomic mass is 10.2. The first-order chi connectivity index (χ1) is 9.44. The number of H-pyrrole nitrogens is 1. The standard InChI is InChI=1S/C11H12ClFN4O2S/c12-8-1-7(3-14)11(13)10(2-8)20(18,19)17-5-9-4-15-6-16-9/h1-2,4,6,17H,3,5,14H2,(H,15,16). The molecule has 0 aliphatic carbocycles. The van der Waals surface area contributed by atoms with Crippen LogP contribution in [-0.4, -0.2) is 18.4 Å². The summed E-state index contributed by atoms with van der Waals surface area (Å²) in [5.74, 6) is -0.894. The van der Waals surface area contributed by atoms with E-state index in [-0.39, 0.29) is 23.7 Å². The number of nitrogens with one attached hydrogen (secondary N) is 2. The van der Waals surface area contributed by atoms with Gasteiger partial charge in [-0.25, -0.2) is 22.5 Å². The van der Waals surface area contributed by atoms with Crippen LogP contribution in [0.3, 0.4) is 0 Å². The van der Waals surface area contributed by atoms with E-state index >= 15 is 0 Å². The molecular formula is C11H12ClFN4O2S. The summed E-state index contributed by atoms with van der Waals surface area (Å²) in [7, 11) is -4.03. The average molecular weight is 319 g/mol. The van der Waals surface area contributed by atoms with E-state index in [1.54, 1.807) is 0 Å². The van der Waals surface area contributed by atoms with Gasteiger partial charge in [-0.05, 0) is 12.1 Å². The van der Waals surface area contributed by atoms with Crippen LogP contribution in [0, 0.1) is 5.82 Å². The van der Waals surface area contributed by atoms with Crippen LogP contribution in [0.25, 0.3) is 0 Å². The summed E-state index contributed by atoms with van der Waals surface area (Å²) in [5.41, 5.74) is 5.95. The lowest BCUT2D eigenvalue weighted by Crippen LogP contribution is -2.25. The van der Waals surface area contributed by atoms with Crippen molar-refractivity contribution in [3.05, 3.63) is 46.8 Å². The summed E-state index contributed by atoms with van der Waals surface area (Å²) in [6, 6.07) is 2.34. The lowest BCUT2D eigenvalue weighted by molar-refractivity contribution is 0.549. The summed E-state index contributed by atoms with van der Waals surface area (Å²) in [6.07, 6.45) is 2.87. The van der Waals surface area contributed by atoms with Crippen molar-refractivity contribution in [1.29, 1.82) is 0 Å². The lowest BCUT2D eigenvalue weighted by Gasteiger charge is -2.10. The van der Waals surface area contributed by atoms with Crippen LogP contribution in [0.5, 0.6) is 0 Å². The Labute approximate surface area is 120 Å². The van der Waals surface area contributed by atoms with Crippen molar-refractivity contribution >= 4 is 21.6 Å². The number of hydrogen-bond acceptors (Lipinski definition) is 4. The second-order valence-corrected chi connectivity index (χ2v) is 6.15. The zero-order chi connectivity index (χ0) is 14.8. The summed E-state index contributed by atoms with van der Waals surface area (Å²) >= 11 is 5.78. The molecule has 9 heteroatoms. The molecule has 2 aromatic rings. The molecule has 4 N–H and O–H groups in total. The Bertz CT molecular complexity index is 703. The maximum absolute atomic E-state index is 14.0. The van der Waals surface area contributed by atoms with Gasteiger partial charge in [0, 0.05) is 29.0 Å². The number of aromatic nitrogens is 2. The third kappa shape index (κ3) is 3.15.